The number of ether oxygens (including phenoxy) is 2. The van der Waals surface area contributed by atoms with Crippen molar-refractivity contribution in [2.45, 2.75) is 25.0 Å². The minimum Gasteiger partial charge on any atom is -0.454 e. The molecule has 0 aliphatic carbocycles. The Morgan fingerprint density at radius 1 is 1.40 bits per heavy atom. The second-order valence-corrected chi connectivity index (χ2v) is 5.10. The molecule has 1 saturated heterocycles. The highest BCUT2D eigenvalue weighted by molar-refractivity contribution is 5.79. The van der Waals surface area contributed by atoms with Gasteiger partial charge in [0.1, 0.15) is 0 Å². The molecule has 6 heteroatoms. The Morgan fingerprint density at radius 2 is 2.25 bits per heavy atom. The van der Waals surface area contributed by atoms with E-state index in [-0.39, 0.29) is 25.2 Å². The van der Waals surface area contributed by atoms with Crippen LogP contribution in [0.3, 0.4) is 0 Å². The van der Waals surface area contributed by atoms with Crippen LogP contribution in [0.25, 0.3) is 0 Å². The molecule has 1 aromatic rings. The number of carbonyl (C=O) groups excluding carboxylic acids is 1. The summed E-state index contributed by atoms with van der Waals surface area (Å²) in [7, 11) is 0. The molecule has 0 unspecified atom stereocenters. The molecule has 2 aliphatic heterocycles. The van der Waals surface area contributed by atoms with E-state index in [4.69, 9.17) is 9.47 Å². The van der Waals surface area contributed by atoms with Crippen molar-refractivity contribution in [2.75, 3.05) is 19.9 Å². The normalized spacial score (nSPS) is 24.4. The molecule has 1 aromatic carbocycles. The summed E-state index contributed by atoms with van der Waals surface area (Å²) in [6, 6.07) is 5.31. The van der Waals surface area contributed by atoms with E-state index in [1.165, 1.54) is 0 Å². The maximum Gasteiger partial charge on any atom is 0.231 e. The smallest absolute Gasteiger partial charge is 0.231 e. The Morgan fingerprint density at radius 3 is 3.10 bits per heavy atom. The highest BCUT2D eigenvalue weighted by atomic mass is 16.7. The predicted molar refractivity (Wildman–Crippen MR) is 71.7 cm³/mol. The maximum absolute atomic E-state index is 12.0. The van der Waals surface area contributed by atoms with Crippen LogP contribution in [0, 0.1) is 0 Å². The summed E-state index contributed by atoms with van der Waals surface area (Å²) in [5.74, 6) is 1.30. The van der Waals surface area contributed by atoms with Gasteiger partial charge in [0.05, 0.1) is 18.6 Å². The highest BCUT2D eigenvalue weighted by Gasteiger charge is 2.24. The minimum absolute atomic E-state index is 0.0881. The summed E-state index contributed by atoms with van der Waals surface area (Å²) in [5, 5.41) is 15.8. The molecule has 2 heterocycles. The van der Waals surface area contributed by atoms with Crippen LogP contribution >= 0.6 is 0 Å². The number of β-amino-alcohol motifs (C(OH)–C–C–N with tert-alkyl or cyclic N) is 1. The van der Waals surface area contributed by atoms with Gasteiger partial charge in [-0.05, 0) is 30.7 Å². The first-order valence-electron chi connectivity index (χ1n) is 6.79. The standard InChI is InChI=1S/C14H18N2O4/c17-11-7-15-4-3-10(11)16-14(18)6-9-1-2-12-13(5-9)20-8-19-12/h1-2,5,10-11,15,17H,3-4,6-8H2,(H,16,18)/t10-,11-/m1/s1. The number of aliphatic hydroxyl groups is 1. The molecule has 0 radical (unpaired) electrons. The average Bonchev–Trinajstić information content (AvgIpc) is 2.89. The van der Waals surface area contributed by atoms with Gasteiger partial charge < -0.3 is 25.2 Å². The zero-order valence-corrected chi connectivity index (χ0v) is 11.1. The van der Waals surface area contributed by atoms with Gasteiger partial charge in [0.2, 0.25) is 12.7 Å². The number of amides is 1. The van der Waals surface area contributed by atoms with Crippen LogP contribution in [0.1, 0.15) is 12.0 Å². The van der Waals surface area contributed by atoms with Gasteiger partial charge in [-0.3, -0.25) is 4.79 Å². The Bertz CT molecular complexity index is 506. The number of benzene rings is 1. The molecule has 0 spiro atoms. The number of hydrogen-bond donors (Lipinski definition) is 3. The lowest BCUT2D eigenvalue weighted by Crippen LogP contribution is -2.52. The third-order valence-corrected chi connectivity index (χ3v) is 3.60. The fraction of sp³-hybridized carbons (Fsp3) is 0.500. The van der Waals surface area contributed by atoms with Crippen molar-refractivity contribution in [3.63, 3.8) is 0 Å². The monoisotopic (exact) mass is 278 g/mol. The average molecular weight is 278 g/mol. The Labute approximate surface area is 117 Å². The van der Waals surface area contributed by atoms with Crippen molar-refractivity contribution in [1.82, 2.24) is 10.6 Å². The SMILES string of the molecule is O=C(Cc1ccc2c(c1)OCO2)N[C@@H]1CCNC[C@H]1O. The van der Waals surface area contributed by atoms with Crippen molar-refractivity contribution in [3.05, 3.63) is 23.8 Å². The van der Waals surface area contributed by atoms with Gasteiger partial charge in [-0.2, -0.15) is 0 Å². The molecule has 1 amide bonds. The molecule has 20 heavy (non-hydrogen) atoms. The molecule has 2 atom stereocenters. The van der Waals surface area contributed by atoms with Gasteiger partial charge >= 0.3 is 0 Å². The lowest BCUT2D eigenvalue weighted by Gasteiger charge is -2.29. The first kappa shape index (κ1) is 13.2. The Kier molecular flexibility index (Phi) is 3.75. The molecule has 0 saturated carbocycles. The van der Waals surface area contributed by atoms with E-state index < -0.39 is 6.10 Å². The van der Waals surface area contributed by atoms with Crippen LogP contribution in [0.4, 0.5) is 0 Å². The molecule has 3 rings (SSSR count). The fourth-order valence-electron chi connectivity index (χ4n) is 2.50. The van der Waals surface area contributed by atoms with Gasteiger partial charge in [-0.25, -0.2) is 0 Å². The van der Waals surface area contributed by atoms with E-state index in [2.05, 4.69) is 10.6 Å². The summed E-state index contributed by atoms with van der Waals surface area (Å²) in [5.41, 5.74) is 0.871. The van der Waals surface area contributed by atoms with Crippen molar-refractivity contribution in [3.8, 4) is 11.5 Å². The van der Waals surface area contributed by atoms with Gasteiger partial charge in [0.15, 0.2) is 11.5 Å². The van der Waals surface area contributed by atoms with E-state index in [1.54, 1.807) is 0 Å². The third kappa shape index (κ3) is 2.86. The second-order valence-electron chi connectivity index (χ2n) is 5.10. The van der Waals surface area contributed by atoms with Crippen molar-refractivity contribution in [2.24, 2.45) is 0 Å². The van der Waals surface area contributed by atoms with E-state index in [1.807, 2.05) is 18.2 Å². The molecule has 6 nitrogen and oxygen atoms in total. The lowest BCUT2D eigenvalue weighted by molar-refractivity contribution is -0.122. The number of carbonyl (C=O) groups is 1. The number of fused-ring (bicyclic) bond motifs is 1. The molecule has 0 bridgehead atoms. The number of piperidine rings is 1. The van der Waals surface area contributed by atoms with Crippen LogP contribution in [-0.4, -0.2) is 43.0 Å². The summed E-state index contributed by atoms with van der Waals surface area (Å²) >= 11 is 0. The topological polar surface area (TPSA) is 79.8 Å². The summed E-state index contributed by atoms with van der Waals surface area (Å²) in [6.45, 7) is 1.56. The quantitative estimate of drug-likeness (QED) is 0.713. The van der Waals surface area contributed by atoms with Gasteiger partial charge in [-0.1, -0.05) is 6.07 Å². The lowest BCUT2D eigenvalue weighted by atomic mass is 10.0. The van der Waals surface area contributed by atoms with Crippen molar-refractivity contribution in [1.29, 1.82) is 0 Å². The molecular formula is C14H18N2O4. The molecular weight excluding hydrogens is 260 g/mol. The van der Waals surface area contributed by atoms with Crippen LogP contribution in [-0.2, 0) is 11.2 Å². The van der Waals surface area contributed by atoms with Crippen LogP contribution < -0.4 is 20.1 Å². The Balaban J connectivity index is 1.58. The van der Waals surface area contributed by atoms with Crippen molar-refractivity contribution >= 4 is 5.91 Å². The highest BCUT2D eigenvalue weighted by Crippen LogP contribution is 2.32. The maximum atomic E-state index is 12.0. The van der Waals surface area contributed by atoms with Gasteiger partial charge in [-0.15, -0.1) is 0 Å². The Hall–Kier alpha value is -1.79. The zero-order valence-electron chi connectivity index (χ0n) is 11.1. The molecule has 1 fully saturated rings. The van der Waals surface area contributed by atoms with E-state index in [9.17, 15) is 9.90 Å². The summed E-state index contributed by atoms with van der Waals surface area (Å²) < 4.78 is 10.5. The first-order valence-corrected chi connectivity index (χ1v) is 6.79. The largest absolute Gasteiger partial charge is 0.454 e. The molecule has 0 aromatic heterocycles. The predicted octanol–water partition coefficient (Wildman–Crippen LogP) is -0.203. The molecule has 3 N–H and O–H groups in total. The van der Waals surface area contributed by atoms with E-state index >= 15 is 0 Å². The second kappa shape index (κ2) is 5.68. The van der Waals surface area contributed by atoms with Gasteiger partial charge in [0.25, 0.3) is 0 Å². The van der Waals surface area contributed by atoms with E-state index in [0.29, 0.717) is 18.0 Å². The number of hydrogen-bond acceptors (Lipinski definition) is 5. The van der Waals surface area contributed by atoms with E-state index in [0.717, 1.165) is 18.5 Å². The van der Waals surface area contributed by atoms with Crippen LogP contribution in [0.15, 0.2) is 18.2 Å². The third-order valence-electron chi connectivity index (χ3n) is 3.60. The zero-order chi connectivity index (χ0) is 13.9. The number of aliphatic hydroxyl groups excluding tert-OH is 1. The first-order chi connectivity index (χ1) is 9.72. The van der Waals surface area contributed by atoms with Crippen molar-refractivity contribution < 1.29 is 19.4 Å². The van der Waals surface area contributed by atoms with Crippen LogP contribution in [0.5, 0.6) is 11.5 Å². The van der Waals surface area contributed by atoms with Crippen LogP contribution in [0.2, 0.25) is 0 Å². The summed E-state index contributed by atoms with van der Waals surface area (Å²) in [4.78, 5) is 12.0. The van der Waals surface area contributed by atoms with Gasteiger partial charge in [0, 0.05) is 6.54 Å². The molecule has 2 aliphatic rings. The summed E-state index contributed by atoms with van der Waals surface area (Å²) in [6.07, 6.45) is 0.492. The minimum atomic E-state index is -0.524. The number of rotatable bonds is 3. The number of nitrogens with one attached hydrogen (secondary N) is 2. The molecule has 108 valence electrons. The fourth-order valence-corrected chi connectivity index (χ4v) is 2.50.